The van der Waals surface area contributed by atoms with Crippen molar-refractivity contribution in [3.8, 4) is 0 Å². The molecule has 1 aromatic rings. The van der Waals surface area contributed by atoms with Crippen LogP contribution >= 0.6 is 11.6 Å². The molecule has 2 unspecified atom stereocenters. The van der Waals surface area contributed by atoms with Gasteiger partial charge in [-0.05, 0) is 18.0 Å². The predicted octanol–water partition coefficient (Wildman–Crippen LogP) is 1.21. The maximum absolute atomic E-state index is 13.6. The second kappa shape index (κ2) is 3.94. The van der Waals surface area contributed by atoms with Gasteiger partial charge in [0.05, 0.1) is 18.3 Å². The Labute approximate surface area is 107 Å². The van der Waals surface area contributed by atoms with Crippen LogP contribution in [-0.4, -0.2) is 51.2 Å². The molecule has 0 aliphatic carbocycles. The topological polar surface area (TPSA) is 69.6 Å². The van der Waals surface area contributed by atoms with Crippen molar-refractivity contribution in [2.24, 2.45) is 0 Å². The molecule has 6 nitrogen and oxygen atoms in total. The van der Waals surface area contributed by atoms with Gasteiger partial charge in [-0.2, -0.15) is 4.98 Å². The normalized spacial score (nSPS) is 25.9. The lowest BCUT2D eigenvalue weighted by Crippen LogP contribution is -2.70. The SMILES string of the molecule is O=C(O)N1C2CC1CN(c1nc(Cl)ncc1F)C2. The number of hydrogen-bond donors (Lipinski definition) is 1. The molecule has 1 aromatic heterocycles. The monoisotopic (exact) mass is 272 g/mol. The van der Waals surface area contributed by atoms with Crippen LogP contribution in [0.25, 0.3) is 0 Å². The van der Waals surface area contributed by atoms with Crippen LogP contribution in [0.1, 0.15) is 6.42 Å². The van der Waals surface area contributed by atoms with Gasteiger partial charge in [0.15, 0.2) is 11.6 Å². The number of piperidine rings is 1. The van der Waals surface area contributed by atoms with Crippen molar-refractivity contribution in [3.05, 3.63) is 17.3 Å². The van der Waals surface area contributed by atoms with Crippen molar-refractivity contribution in [3.63, 3.8) is 0 Å². The van der Waals surface area contributed by atoms with E-state index in [1.165, 1.54) is 4.90 Å². The van der Waals surface area contributed by atoms with Crippen LogP contribution in [0.3, 0.4) is 0 Å². The van der Waals surface area contributed by atoms with E-state index in [4.69, 9.17) is 16.7 Å². The molecule has 2 atom stereocenters. The van der Waals surface area contributed by atoms with E-state index in [1.807, 2.05) is 0 Å². The highest BCUT2D eigenvalue weighted by atomic mass is 35.5. The average molecular weight is 273 g/mol. The molecule has 2 bridgehead atoms. The smallest absolute Gasteiger partial charge is 0.407 e. The summed E-state index contributed by atoms with van der Waals surface area (Å²) in [5.41, 5.74) is 0. The van der Waals surface area contributed by atoms with Gasteiger partial charge in [-0.15, -0.1) is 0 Å². The molecule has 96 valence electrons. The van der Waals surface area contributed by atoms with Crippen LogP contribution in [0.15, 0.2) is 6.20 Å². The summed E-state index contributed by atoms with van der Waals surface area (Å²) in [5, 5.41) is 8.97. The van der Waals surface area contributed by atoms with Gasteiger partial charge in [-0.25, -0.2) is 14.2 Å². The Hall–Kier alpha value is -1.63. The largest absolute Gasteiger partial charge is 0.465 e. The first kappa shape index (κ1) is 11.5. The van der Waals surface area contributed by atoms with Crippen LogP contribution in [0, 0.1) is 5.82 Å². The number of piperazine rings is 1. The molecule has 1 N–H and O–H groups in total. The summed E-state index contributed by atoms with van der Waals surface area (Å²) >= 11 is 5.64. The molecule has 3 aliphatic rings. The van der Waals surface area contributed by atoms with Gasteiger partial charge in [-0.3, -0.25) is 4.90 Å². The molecular formula is C10H10ClFN4O2. The molecule has 0 aromatic carbocycles. The highest BCUT2D eigenvalue weighted by Gasteiger charge is 2.48. The molecule has 3 saturated heterocycles. The number of fused-ring (bicyclic) bond motifs is 2. The Morgan fingerprint density at radius 2 is 2.17 bits per heavy atom. The zero-order chi connectivity index (χ0) is 12.9. The maximum Gasteiger partial charge on any atom is 0.407 e. The minimum Gasteiger partial charge on any atom is -0.465 e. The highest BCUT2D eigenvalue weighted by molar-refractivity contribution is 6.28. The quantitative estimate of drug-likeness (QED) is 0.778. The fourth-order valence-electron chi connectivity index (χ4n) is 2.65. The number of anilines is 1. The summed E-state index contributed by atoms with van der Waals surface area (Å²) in [7, 11) is 0. The zero-order valence-electron chi connectivity index (χ0n) is 9.25. The van der Waals surface area contributed by atoms with E-state index >= 15 is 0 Å². The lowest BCUT2D eigenvalue weighted by Gasteiger charge is -2.55. The Morgan fingerprint density at radius 3 is 2.78 bits per heavy atom. The Balaban J connectivity index is 1.81. The van der Waals surface area contributed by atoms with E-state index in [-0.39, 0.29) is 23.2 Å². The van der Waals surface area contributed by atoms with E-state index in [9.17, 15) is 9.18 Å². The number of aromatic nitrogens is 2. The number of carbonyl (C=O) groups is 1. The number of rotatable bonds is 1. The molecule has 3 aliphatic heterocycles. The van der Waals surface area contributed by atoms with E-state index in [0.29, 0.717) is 13.1 Å². The maximum atomic E-state index is 13.6. The minimum absolute atomic E-state index is 0.0132. The molecule has 8 heteroatoms. The summed E-state index contributed by atoms with van der Waals surface area (Å²) in [6, 6.07) is -0.177. The molecule has 0 saturated carbocycles. The second-order valence-corrected chi connectivity index (χ2v) is 4.79. The number of halogens is 2. The lowest BCUT2D eigenvalue weighted by molar-refractivity contribution is 0.0110. The molecule has 3 fully saturated rings. The van der Waals surface area contributed by atoms with Crippen molar-refractivity contribution >= 4 is 23.5 Å². The molecule has 4 heterocycles. The number of carboxylic acid groups (broad SMARTS) is 1. The molecule has 0 spiro atoms. The van der Waals surface area contributed by atoms with E-state index in [2.05, 4.69) is 9.97 Å². The van der Waals surface area contributed by atoms with Crippen LogP contribution in [0.5, 0.6) is 0 Å². The fourth-order valence-corrected chi connectivity index (χ4v) is 2.78. The molecule has 1 amide bonds. The zero-order valence-corrected chi connectivity index (χ0v) is 10.0. The van der Waals surface area contributed by atoms with E-state index in [0.717, 1.165) is 12.6 Å². The van der Waals surface area contributed by atoms with Crippen molar-refractivity contribution < 1.29 is 14.3 Å². The van der Waals surface area contributed by atoms with Crippen molar-refractivity contribution in [2.45, 2.75) is 18.5 Å². The Kier molecular flexibility index (Phi) is 2.51. The van der Waals surface area contributed by atoms with Gasteiger partial charge >= 0.3 is 6.09 Å². The molecule has 0 radical (unpaired) electrons. The average Bonchev–Trinajstić information content (AvgIpc) is 2.31. The van der Waals surface area contributed by atoms with Gasteiger partial charge in [0, 0.05) is 13.1 Å². The van der Waals surface area contributed by atoms with Gasteiger partial charge in [0.1, 0.15) is 0 Å². The predicted molar refractivity (Wildman–Crippen MR) is 61.3 cm³/mol. The van der Waals surface area contributed by atoms with Crippen LogP contribution in [-0.2, 0) is 0 Å². The minimum atomic E-state index is -0.919. The van der Waals surface area contributed by atoms with Crippen LogP contribution in [0.2, 0.25) is 5.28 Å². The van der Waals surface area contributed by atoms with Gasteiger partial charge in [0.25, 0.3) is 0 Å². The summed E-state index contributed by atoms with van der Waals surface area (Å²) in [4.78, 5) is 21.5. The third kappa shape index (κ3) is 1.66. The fraction of sp³-hybridized carbons (Fsp3) is 0.500. The Morgan fingerprint density at radius 1 is 1.50 bits per heavy atom. The van der Waals surface area contributed by atoms with Crippen LogP contribution in [0.4, 0.5) is 15.0 Å². The molecular weight excluding hydrogens is 263 g/mol. The standard InChI is InChI=1S/C10H10ClFN4O2/c11-9-13-2-7(12)8(14-9)15-3-5-1-6(4-15)16(5)10(17)18/h2,5-6H,1,3-4H2,(H,17,18). The highest BCUT2D eigenvalue weighted by Crippen LogP contribution is 2.34. The first-order valence-electron chi connectivity index (χ1n) is 5.50. The van der Waals surface area contributed by atoms with E-state index in [1.54, 1.807) is 4.90 Å². The third-order valence-corrected chi connectivity index (χ3v) is 3.59. The molecule has 18 heavy (non-hydrogen) atoms. The summed E-state index contributed by atoms with van der Waals surface area (Å²) < 4.78 is 13.6. The number of amides is 1. The number of nitrogens with zero attached hydrogens (tertiary/aromatic N) is 4. The first-order chi connectivity index (χ1) is 8.56. The lowest BCUT2D eigenvalue weighted by atomic mass is 9.88. The van der Waals surface area contributed by atoms with E-state index < -0.39 is 11.9 Å². The van der Waals surface area contributed by atoms with Gasteiger partial charge in [-0.1, -0.05) is 0 Å². The molecule has 4 rings (SSSR count). The van der Waals surface area contributed by atoms with Crippen molar-refractivity contribution in [1.82, 2.24) is 14.9 Å². The number of hydrogen-bond acceptors (Lipinski definition) is 4. The second-order valence-electron chi connectivity index (χ2n) is 4.45. The third-order valence-electron chi connectivity index (χ3n) is 3.41. The van der Waals surface area contributed by atoms with Gasteiger partial charge in [0.2, 0.25) is 5.28 Å². The van der Waals surface area contributed by atoms with Crippen molar-refractivity contribution in [2.75, 3.05) is 18.0 Å². The first-order valence-corrected chi connectivity index (χ1v) is 5.88. The van der Waals surface area contributed by atoms with Gasteiger partial charge < -0.3 is 10.0 Å². The summed E-state index contributed by atoms with van der Waals surface area (Å²) in [6.45, 7) is 0.875. The van der Waals surface area contributed by atoms with Crippen molar-refractivity contribution in [1.29, 1.82) is 0 Å². The Bertz CT molecular complexity index is 503. The summed E-state index contributed by atoms with van der Waals surface area (Å²) in [6.07, 6.45) is 0.931. The van der Waals surface area contributed by atoms with Crippen LogP contribution < -0.4 is 4.90 Å². The summed E-state index contributed by atoms with van der Waals surface area (Å²) in [5.74, 6) is -0.391.